The van der Waals surface area contributed by atoms with Crippen LogP contribution in [0.15, 0.2) is 41.1 Å². The van der Waals surface area contributed by atoms with Crippen molar-refractivity contribution in [2.75, 3.05) is 5.32 Å². The highest BCUT2D eigenvalue weighted by Gasteiger charge is 2.13. The van der Waals surface area contributed by atoms with E-state index in [0.29, 0.717) is 22.3 Å². The highest BCUT2D eigenvalue weighted by atomic mass is 32.1. The Labute approximate surface area is 174 Å². The van der Waals surface area contributed by atoms with Crippen LogP contribution in [-0.4, -0.2) is 30.9 Å². The number of nitrogens with zero attached hydrogens (tertiary/aromatic N) is 4. The van der Waals surface area contributed by atoms with E-state index in [0.717, 1.165) is 16.1 Å². The van der Waals surface area contributed by atoms with E-state index in [1.807, 2.05) is 52.6 Å². The van der Waals surface area contributed by atoms with Gasteiger partial charge in [0.25, 0.3) is 0 Å². The molecule has 0 spiro atoms. The maximum atomic E-state index is 12.4. The van der Waals surface area contributed by atoms with Crippen LogP contribution in [0, 0.1) is 11.7 Å². The van der Waals surface area contributed by atoms with Gasteiger partial charge in [-0.25, -0.2) is 0 Å². The lowest BCUT2D eigenvalue weighted by Gasteiger charge is -2.07. The van der Waals surface area contributed by atoms with Crippen molar-refractivity contribution in [3.8, 4) is 22.0 Å². The molecule has 0 fully saturated rings. The lowest BCUT2D eigenvalue weighted by molar-refractivity contribution is -0.116. The van der Waals surface area contributed by atoms with Gasteiger partial charge in [0.1, 0.15) is 5.01 Å². The molecule has 2 N–H and O–H groups in total. The Morgan fingerprint density at radius 1 is 1.21 bits per heavy atom. The molecule has 0 aliphatic heterocycles. The summed E-state index contributed by atoms with van der Waals surface area (Å²) in [5, 5.41) is 23.3. The Kier molecular flexibility index (Phi) is 5.42. The number of hydrogen-bond donors (Lipinski definition) is 2. The first-order valence-electron chi connectivity index (χ1n) is 8.48. The first-order valence-corrected chi connectivity index (χ1v) is 10.6. The highest BCUT2D eigenvalue weighted by Crippen LogP contribution is 2.28. The summed E-state index contributed by atoms with van der Waals surface area (Å²) in [5.41, 5.74) is 3.13. The van der Waals surface area contributed by atoms with E-state index in [4.69, 9.17) is 12.2 Å². The number of thiophene rings is 1. The fourth-order valence-electron chi connectivity index (χ4n) is 2.62. The molecule has 0 saturated carbocycles. The van der Waals surface area contributed by atoms with Crippen LogP contribution in [-0.2, 0) is 11.3 Å². The number of aryl methyl sites for hydroxylation is 1. The number of aromatic nitrogens is 5. The second-order valence-corrected chi connectivity index (χ2v) is 8.24. The number of nitrogens with one attached hydrogen (secondary N) is 2. The fraction of sp³-hybridized carbons (Fsp3) is 0.167. The molecule has 0 bridgehead atoms. The Morgan fingerprint density at radius 3 is 2.79 bits per heavy atom. The van der Waals surface area contributed by atoms with Gasteiger partial charge in [-0.3, -0.25) is 14.5 Å². The van der Waals surface area contributed by atoms with Crippen LogP contribution in [0.1, 0.15) is 12.0 Å². The molecule has 142 valence electrons. The third-order valence-electron chi connectivity index (χ3n) is 4.07. The SMILES string of the molecule is Cc1ccc(-c2n[nH]c(=S)n2CCC(=O)Nc2nnc(-c3ccsc3)s2)cc1. The molecule has 0 aliphatic carbocycles. The molecule has 0 aliphatic rings. The number of carbonyl (C=O) groups excluding carboxylic acids is 1. The minimum absolute atomic E-state index is 0.147. The Balaban J connectivity index is 1.42. The van der Waals surface area contributed by atoms with Gasteiger partial charge in [0.15, 0.2) is 10.6 Å². The van der Waals surface area contributed by atoms with Crippen molar-refractivity contribution in [3.05, 3.63) is 51.4 Å². The van der Waals surface area contributed by atoms with Crippen LogP contribution in [0.25, 0.3) is 22.0 Å². The zero-order valence-corrected chi connectivity index (χ0v) is 17.3. The van der Waals surface area contributed by atoms with Crippen LogP contribution in [0.3, 0.4) is 0 Å². The second kappa shape index (κ2) is 8.13. The van der Waals surface area contributed by atoms with Gasteiger partial charge in [0.05, 0.1) is 0 Å². The molecule has 0 saturated heterocycles. The van der Waals surface area contributed by atoms with Crippen LogP contribution < -0.4 is 5.32 Å². The predicted octanol–water partition coefficient (Wildman–Crippen LogP) is 4.52. The summed E-state index contributed by atoms with van der Waals surface area (Å²) in [7, 11) is 0. The molecule has 0 radical (unpaired) electrons. The summed E-state index contributed by atoms with van der Waals surface area (Å²) in [6.45, 7) is 2.45. The Bertz CT molecular complexity index is 1140. The van der Waals surface area contributed by atoms with Gasteiger partial charge in [0, 0.05) is 29.5 Å². The maximum Gasteiger partial charge on any atom is 0.227 e. The number of H-pyrrole nitrogens is 1. The van der Waals surface area contributed by atoms with Crippen LogP contribution in [0.5, 0.6) is 0 Å². The summed E-state index contributed by atoms with van der Waals surface area (Å²) in [4.78, 5) is 12.4. The predicted molar refractivity (Wildman–Crippen MR) is 114 cm³/mol. The number of carbonyl (C=O) groups is 1. The summed E-state index contributed by atoms with van der Waals surface area (Å²) in [6, 6.07) is 9.99. The maximum absolute atomic E-state index is 12.4. The van der Waals surface area contributed by atoms with Gasteiger partial charge in [0.2, 0.25) is 11.0 Å². The third-order valence-corrected chi connectivity index (χ3v) is 5.95. The van der Waals surface area contributed by atoms with Crippen molar-refractivity contribution in [2.24, 2.45) is 0 Å². The molecular formula is C18H16N6OS3. The second-order valence-electron chi connectivity index (χ2n) is 6.09. The zero-order chi connectivity index (χ0) is 19.5. The number of benzene rings is 1. The summed E-state index contributed by atoms with van der Waals surface area (Å²) in [6.07, 6.45) is 0.250. The molecule has 7 nitrogen and oxygen atoms in total. The van der Waals surface area contributed by atoms with E-state index in [2.05, 4.69) is 25.7 Å². The minimum Gasteiger partial charge on any atom is -0.300 e. The van der Waals surface area contributed by atoms with Crippen LogP contribution in [0.4, 0.5) is 5.13 Å². The van der Waals surface area contributed by atoms with Crippen molar-refractivity contribution < 1.29 is 4.79 Å². The molecule has 4 aromatic rings. The van der Waals surface area contributed by atoms with E-state index in [1.165, 1.54) is 16.9 Å². The van der Waals surface area contributed by atoms with Crippen molar-refractivity contribution in [1.82, 2.24) is 25.0 Å². The highest BCUT2D eigenvalue weighted by molar-refractivity contribution is 7.71. The summed E-state index contributed by atoms with van der Waals surface area (Å²) >= 11 is 8.27. The molecule has 10 heteroatoms. The standard InChI is InChI=1S/C18H16N6OS3/c1-11-2-4-12(5-3-11)15-20-23-18(26)24(15)8-6-14(25)19-17-22-21-16(28-17)13-7-9-27-10-13/h2-5,7,9-10H,6,8H2,1H3,(H,23,26)(H,19,22,25). The van der Waals surface area contributed by atoms with Crippen molar-refractivity contribution in [3.63, 3.8) is 0 Å². The number of anilines is 1. The van der Waals surface area contributed by atoms with E-state index in [9.17, 15) is 4.79 Å². The zero-order valence-electron chi connectivity index (χ0n) is 14.9. The van der Waals surface area contributed by atoms with Crippen molar-refractivity contribution >= 4 is 45.9 Å². The molecule has 0 atom stereocenters. The average Bonchev–Trinajstić information content (AvgIpc) is 3.42. The minimum atomic E-state index is -0.147. The number of hydrogen-bond acceptors (Lipinski definition) is 7. The number of amides is 1. The van der Waals surface area contributed by atoms with Gasteiger partial charge >= 0.3 is 0 Å². The van der Waals surface area contributed by atoms with Gasteiger partial charge in [-0.15, -0.1) is 10.2 Å². The molecule has 28 heavy (non-hydrogen) atoms. The van der Waals surface area contributed by atoms with E-state index >= 15 is 0 Å². The molecular weight excluding hydrogens is 412 g/mol. The Morgan fingerprint density at radius 2 is 2.04 bits per heavy atom. The molecule has 3 heterocycles. The van der Waals surface area contributed by atoms with Gasteiger partial charge in [-0.1, -0.05) is 41.2 Å². The van der Waals surface area contributed by atoms with Crippen molar-refractivity contribution in [1.29, 1.82) is 0 Å². The van der Waals surface area contributed by atoms with E-state index in [-0.39, 0.29) is 12.3 Å². The molecule has 1 amide bonds. The van der Waals surface area contributed by atoms with E-state index < -0.39 is 0 Å². The number of aromatic amines is 1. The first-order chi connectivity index (χ1) is 13.6. The summed E-state index contributed by atoms with van der Waals surface area (Å²) < 4.78 is 2.32. The number of rotatable bonds is 6. The first kappa shape index (κ1) is 18.7. The Hall–Kier alpha value is -2.69. The van der Waals surface area contributed by atoms with Crippen LogP contribution in [0.2, 0.25) is 0 Å². The summed E-state index contributed by atoms with van der Waals surface area (Å²) in [5.74, 6) is 0.569. The average molecular weight is 429 g/mol. The normalized spacial score (nSPS) is 10.9. The van der Waals surface area contributed by atoms with Gasteiger partial charge in [-0.2, -0.15) is 16.4 Å². The largest absolute Gasteiger partial charge is 0.300 e. The molecule has 1 aromatic carbocycles. The lowest BCUT2D eigenvalue weighted by Crippen LogP contribution is -2.15. The quantitative estimate of drug-likeness (QED) is 0.441. The van der Waals surface area contributed by atoms with Gasteiger partial charge in [-0.05, 0) is 30.6 Å². The van der Waals surface area contributed by atoms with Crippen LogP contribution >= 0.6 is 34.9 Å². The lowest BCUT2D eigenvalue weighted by atomic mass is 10.1. The van der Waals surface area contributed by atoms with Crippen molar-refractivity contribution in [2.45, 2.75) is 19.9 Å². The topological polar surface area (TPSA) is 88.5 Å². The van der Waals surface area contributed by atoms with Gasteiger partial charge < -0.3 is 5.32 Å². The fourth-order valence-corrected chi connectivity index (χ4v) is 4.31. The molecule has 4 rings (SSSR count). The van der Waals surface area contributed by atoms with E-state index in [1.54, 1.807) is 11.3 Å². The smallest absolute Gasteiger partial charge is 0.227 e. The molecule has 3 aromatic heterocycles. The monoisotopic (exact) mass is 428 g/mol. The molecule has 0 unspecified atom stereocenters. The third kappa shape index (κ3) is 4.08.